The Morgan fingerprint density at radius 3 is 2.29 bits per heavy atom. The first kappa shape index (κ1) is 18.6. The minimum atomic E-state index is -0.333. The molecular formula is C19H35NO4. The highest BCUT2D eigenvalue weighted by molar-refractivity contribution is 4.97. The highest BCUT2D eigenvalue weighted by Crippen LogP contribution is 2.43. The molecule has 5 nitrogen and oxygen atoms in total. The van der Waals surface area contributed by atoms with Crippen molar-refractivity contribution in [2.45, 2.75) is 75.4 Å². The van der Waals surface area contributed by atoms with Crippen LogP contribution in [0.1, 0.15) is 44.9 Å². The van der Waals surface area contributed by atoms with E-state index < -0.39 is 0 Å². The second kappa shape index (κ2) is 8.00. The van der Waals surface area contributed by atoms with Crippen molar-refractivity contribution in [2.75, 3.05) is 27.8 Å². The van der Waals surface area contributed by atoms with Gasteiger partial charge < -0.3 is 24.6 Å². The molecule has 0 radical (unpaired) electrons. The van der Waals surface area contributed by atoms with E-state index in [1.54, 1.807) is 14.2 Å². The number of likely N-dealkylation sites (tertiary alicyclic amines) is 1. The van der Waals surface area contributed by atoms with Gasteiger partial charge in [0.25, 0.3) is 0 Å². The summed E-state index contributed by atoms with van der Waals surface area (Å²) in [5, 5.41) is 20.7. The molecule has 8 unspecified atom stereocenters. The summed E-state index contributed by atoms with van der Waals surface area (Å²) in [4.78, 5) is 2.50. The summed E-state index contributed by atoms with van der Waals surface area (Å²) in [6.07, 6.45) is 6.50. The third-order valence-corrected chi connectivity index (χ3v) is 7.04. The van der Waals surface area contributed by atoms with Gasteiger partial charge in [-0.2, -0.15) is 0 Å². The molecule has 140 valence electrons. The van der Waals surface area contributed by atoms with Crippen LogP contribution in [0.3, 0.4) is 0 Å². The molecule has 2 aliphatic carbocycles. The SMILES string of the molecule is COC1CCC(CC2C3CC(O)C(OC)CC3CCN2C)CC1O. The zero-order valence-corrected chi connectivity index (χ0v) is 15.4. The van der Waals surface area contributed by atoms with Crippen LogP contribution in [0.2, 0.25) is 0 Å². The number of piperidine rings is 1. The van der Waals surface area contributed by atoms with E-state index in [9.17, 15) is 10.2 Å². The van der Waals surface area contributed by atoms with Gasteiger partial charge in [-0.05, 0) is 76.3 Å². The predicted molar refractivity (Wildman–Crippen MR) is 92.8 cm³/mol. The first-order chi connectivity index (χ1) is 11.5. The second-order valence-electron chi connectivity index (χ2n) is 8.33. The molecule has 2 N–H and O–H groups in total. The van der Waals surface area contributed by atoms with E-state index in [2.05, 4.69) is 11.9 Å². The molecule has 0 aromatic heterocycles. The Morgan fingerprint density at radius 2 is 1.62 bits per heavy atom. The average molecular weight is 341 g/mol. The van der Waals surface area contributed by atoms with Crippen molar-refractivity contribution in [3.05, 3.63) is 0 Å². The van der Waals surface area contributed by atoms with Crippen molar-refractivity contribution in [3.8, 4) is 0 Å². The Kier molecular flexibility index (Phi) is 6.20. The number of hydrogen-bond donors (Lipinski definition) is 2. The van der Waals surface area contributed by atoms with Gasteiger partial charge in [0.05, 0.1) is 24.4 Å². The van der Waals surface area contributed by atoms with Crippen molar-refractivity contribution < 1.29 is 19.7 Å². The Labute approximate surface area is 146 Å². The fourth-order valence-corrected chi connectivity index (χ4v) is 5.56. The Hall–Kier alpha value is -0.200. The molecule has 0 spiro atoms. The third kappa shape index (κ3) is 3.80. The number of hydrogen-bond acceptors (Lipinski definition) is 5. The minimum Gasteiger partial charge on any atom is -0.390 e. The van der Waals surface area contributed by atoms with Crippen LogP contribution in [0.25, 0.3) is 0 Å². The topological polar surface area (TPSA) is 62.2 Å². The lowest BCUT2D eigenvalue weighted by molar-refractivity contribution is -0.103. The fraction of sp³-hybridized carbons (Fsp3) is 1.00. The predicted octanol–water partition coefficient (Wildman–Crippen LogP) is 1.66. The molecule has 0 bridgehead atoms. The van der Waals surface area contributed by atoms with Gasteiger partial charge in [-0.1, -0.05) is 0 Å². The van der Waals surface area contributed by atoms with Crippen LogP contribution < -0.4 is 0 Å². The third-order valence-electron chi connectivity index (χ3n) is 7.04. The first-order valence-corrected chi connectivity index (χ1v) is 9.65. The Balaban J connectivity index is 1.63. The quantitative estimate of drug-likeness (QED) is 0.814. The monoisotopic (exact) mass is 341 g/mol. The van der Waals surface area contributed by atoms with Crippen molar-refractivity contribution >= 4 is 0 Å². The number of rotatable bonds is 4. The van der Waals surface area contributed by atoms with Crippen molar-refractivity contribution in [2.24, 2.45) is 17.8 Å². The normalized spacial score (nSPS) is 47.4. The van der Waals surface area contributed by atoms with E-state index in [0.717, 1.165) is 45.1 Å². The summed E-state index contributed by atoms with van der Waals surface area (Å²) in [6, 6.07) is 0.521. The number of aliphatic hydroxyl groups is 2. The molecule has 1 aliphatic heterocycles. The van der Waals surface area contributed by atoms with Gasteiger partial charge in [-0.15, -0.1) is 0 Å². The molecule has 3 rings (SSSR count). The van der Waals surface area contributed by atoms with Crippen LogP contribution in [-0.4, -0.2) is 73.4 Å². The second-order valence-corrected chi connectivity index (χ2v) is 8.33. The maximum atomic E-state index is 10.4. The molecule has 3 fully saturated rings. The van der Waals surface area contributed by atoms with Gasteiger partial charge in [0.1, 0.15) is 0 Å². The van der Waals surface area contributed by atoms with Crippen molar-refractivity contribution in [3.63, 3.8) is 0 Å². The molecule has 0 amide bonds. The average Bonchev–Trinajstić information content (AvgIpc) is 2.57. The van der Waals surface area contributed by atoms with Crippen LogP contribution in [0.5, 0.6) is 0 Å². The van der Waals surface area contributed by atoms with E-state index in [1.165, 1.54) is 6.42 Å². The summed E-state index contributed by atoms with van der Waals surface area (Å²) in [5.74, 6) is 1.79. The number of ether oxygens (including phenoxy) is 2. The lowest BCUT2D eigenvalue weighted by atomic mass is 9.66. The molecule has 0 aromatic carbocycles. The maximum Gasteiger partial charge on any atom is 0.0833 e. The highest BCUT2D eigenvalue weighted by Gasteiger charge is 2.44. The highest BCUT2D eigenvalue weighted by atomic mass is 16.5. The van der Waals surface area contributed by atoms with Crippen LogP contribution >= 0.6 is 0 Å². The van der Waals surface area contributed by atoms with Gasteiger partial charge in [0.15, 0.2) is 0 Å². The number of nitrogens with zero attached hydrogens (tertiary/aromatic N) is 1. The van der Waals surface area contributed by atoms with Crippen LogP contribution in [0.4, 0.5) is 0 Å². The van der Waals surface area contributed by atoms with Gasteiger partial charge in [0.2, 0.25) is 0 Å². The standard InChI is InChI=1S/C19H35NO4/c1-20-7-6-13-10-19(24-3)17(22)11-14(13)15(20)8-12-4-5-18(23-2)16(21)9-12/h12-19,21-22H,4-11H2,1-3H3. The van der Waals surface area contributed by atoms with E-state index in [-0.39, 0.29) is 24.4 Å². The summed E-state index contributed by atoms with van der Waals surface area (Å²) in [5.41, 5.74) is 0. The maximum absolute atomic E-state index is 10.4. The Morgan fingerprint density at radius 1 is 0.917 bits per heavy atom. The first-order valence-electron chi connectivity index (χ1n) is 9.65. The van der Waals surface area contributed by atoms with E-state index >= 15 is 0 Å². The van der Waals surface area contributed by atoms with Gasteiger partial charge in [0, 0.05) is 20.3 Å². The summed E-state index contributed by atoms with van der Waals surface area (Å²) in [6.45, 7) is 1.13. The fourth-order valence-electron chi connectivity index (χ4n) is 5.56. The molecule has 2 saturated carbocycles. The number of fused-ring (bicyclic) bond motifs is 1. The molecular weight excluding hydrogens is 306 g/mol. The molecule has 1 saturated heterocycles. The molecule has 8 atom stereocenters. The van der Waals surface area contributed by atoms with E-state index in [0.29, 0.717) is 23.8 Å². The number of methoxy groups -OCH3 is 2. The zero-order valence-electron chi connectivity index (χ0n) is 15.4. The molecule has 0 aromatic rings. The number of aliphatic hydroxyl groups excluding tert-OH is 2. The zero-order chi connectivity index (χ0) is 17.3. The minimum absolute atomic E-state index is 0.00858. The largest absolute Gasteiger partial charge is 0.390 e. The summed E-state index contributed by atoms with van der Waals surface area (Å²) >= 11 is 0. The lowest BCUT2D eigenvalue weighted by Crippen LogP contribution is -2.54. The van der Waals surface area contributed by atoms with Crippen molar-refractivity contribution in [1.29, 1.82) is 0 Å². The smallest absolute Gasteiger partial charge is 0.0833 e. The van der Waals surface area contributed by atoms with Crippen molar-refractivity contribution in [1.82, 2.24) is 4.90 Å². The van der Waals surface area contributed by atoms with Crippen LogP contribution in [-0.2, 0) is 9.47 Å². The molecule has 3 aliphatic rings. The molecule has 24 heavy (non-hydrogen) atoms. The van der Waals surface area contributed by atoms with Crippen LogP contribution in [0.15, 0.2) is 0 Å². The molecule has 5 heteroatoms. The van der Waals surface area contributed by atoms with E-state index in [4.69, 9.17) is 9.47 Å². The van der Waals surface area contributed by atoms with Gasteiger partial charge >= 0.3 is 0 Å². The summed E-state index contributed by atoms with van der Waals surface area (Å²) < 4.78 is 10.9. The Bertz CT molecular complexity index is 407. The van der Waals surface area contributed by atoms with E-state index in [1.807, 2.05) is 0 Å². The van der Waals surface area contributed by atoms with Crippen LogP contribution in [0, 0.1) is 17.8 Å². The molecule has 1 heterocycles. The lowest BCUT2D eigenvalue weighted by Gasteiger charge is -2.50. The van der Waals surface area contributed by atoms with Gasteiger partial charge in [-0.25, -0.2) is 0 Å². The summed E-state index contributed by atoms with van der Waals surface area (Å²) in [7, 11) is 5.65. The van der Waals surface area contributed by atoms with Gasteiger partial charge in [-0.3, -0.25) is 0 Å².